The zero-order chi connectivity index (χ0) is 14.3. The molecule has 1 fully saturated rings. The minimum absolute atomic E-state index is 0.0849. The summed E-state index contributed by atoms with van der Waals surface area (Å²) in [7, 11) is 0. The molecule has 0 spiro atoms. The molecule has 110 valence electrons. The molecule has 5 nitrogen and oxygen atoms in total. The van der Waals surface area contributed by atoms with Crippen LogP contribution in [0, 0.1) is 5.92 Å². The Bertz CT molecular complexity index is 522. The number of nitrogens with zero attached hydrogens (tertiary/aromatic N) is 1. The number of nitrogens with one attached hydrogen (secondary N) is 1. The van der Waals surface area contributed by atoms with E-state index in [4.69, 9.17) is 10.3 Å². The Balaban J connectivity index is 1.57. The fraction of sp³-hybridized carbons (Fsp3) is 0.692. The van der Waals surface area contributed by atoms with E-state index in [9.17, 15) is 13.6 Å². The second kappa shape index (κ2) is 4.80. The molecule has 1 unspecified atom stereocenters. The molecule has 7 heteroatoms. The van der Waals surface area contributed by atoms with Crippen LogP contribution in [-0.4, -0.2) is 23.0 Å². The average Bonchev–Trinajstić information content (AvgIpc) is 2.75. The molecule has 2 aliphatic rings. The maximum Gasteiger partial charge on any atom is 0.249 e. The van der Waals surface area contributed by atoms with Crippen molar-refractivity contribution in [3.8, 4) is 0 Å². The van der Waals surface area contributed by atoms with Gasteiger partial charge in [0.25, 0.3) is 0 Å². The predicted molar refractivity (Wildman–Crippen MR) is 66.0 cm³/mol. The average molecular weight is 285 g/mol. The van der Waals surface area contributed by atoms with Gasteiger partial charge in [-0.1, -0.05) is 5.16 Å². The highest BCUT2D eigenvalue weighted by Gasteiger charge is 2.48. The Morgan fingerprint density at radius 1 is 1.50 bits per heavy atom. The summed E-state index contributed by atoms with van der Waals surface area (Å²) in [6.07, 6.45) is 1.59. The van der Waals surface area contributed by atoms with Crippen LogP contribution in [0.5, 0.6) is 0 Å². The van der Waals surface area contributed by atoms with Crippen LogP contribution in [0.3, 0.4) is 0 Å². The molecule has 1 aromatic rings. The largest absolute Gasteiger partial charge is 0.361 e. The number of aromatic nitrogens is 1. The molecule has 0 radical (unpaired) electrons. The van der Waals surface area contributed by atoms with Crippen molar-refractivity contribution in [1.82, 2.24) is 10.5 Å². The Morgan fingerprint density at radius 2 is 2.25 bits per heavy atom. The van der Waals surface area contributed by atoms with E-state index < -0.39 is 11.8 Å². The SMILES string of the molecule is NC1CCc2onc(CNC(=O)C3CC(F)(F)C3)c2C1. The van der Waals surface area contributed by atoms with Gasteiger partial charge >= 0.3 is 0 Å². The Morgan fingerprint density at radius 3 is 2.95 bits per heavy atom. The molecule has 1 amide bonds. The van der Waals surface area contributed by atoms with Gasteiger partial charge in [-0.2, -0.15) is 0 Å². The van der Waals surface area contributed by atoms with E-state index in [0.717, 1.165) is 24.2 Å². The molecule has 3 rings (SSSR count). The van der Waals surface area contributed by atoms with Gasteiger partial charge in [-0.25, -0.2) is 8.78 Å². The molecule has 1 heterocycles. The lowest BCUT2D eigenvalue weighted by molar-refractivity contribution is -0.150. The van der Waals surface area contributed by atoms with Crippen molar-refractivity contribution in [1.29, 1.82) is 0 Å². The summed E-state index contributed by atoms with van der Waals surface area (Å²) in [6, 6.07) is 0.0849. The van der Waals surface area contributed by atoms with Gasteiger partial charge in [0.2, 0.25) is 11.8 Å². The lowest BCUT2D eigenvalue weighted by atomic mass is 9.81. The maximum absolute atomic E-state index is 12.7. The Hall–Kier alpha value is -1.50. The van der Waals surface area contributed by atoms with Crippen LogP contribution in [0.4, 0.5) is 8.78 Å². The summed E-state index contributed by atoms with van der Waals surface area (Å²) in [4.78, 5) is 11.7. The molecular formula is C13H17F2N3O2. The van der Waals surface area contributed by atoms with Crippen LogP contribution in [0.15, 0.2) is 4.52 Å². The van der Waals surface area contributed by atoms with Crippen LogP contribution in [0.1, 0.15) is 36.3 Å². The number of alkyl halides is 2. The van der Waals surface area contributed by atoms with Crippen molar-refractivity contribution in [2.24, 2.45) is 11.7 Å². The third-order valence-corrected chi connectivity index (χ3v) is 4.05. The normalized spacial score (nSPS) is 24.9. The van der Waals surface area contributed by atoms with E-state index >= 15 is 0 Å². The molecule has 1 aromatic heterocycles. The highest BCUT2D eigenvalue weighted by atomic mass is 19.3. The van der Waals surface area contributed by atoms with E-state index in [0.29, 0.717) is 12.1 Å². The smallest absolute Gasteiger partial charge is 0.249 e. The number of rotatable bonds is 3. The molecule has 0 saturated heterocycles. The monoisotopic (exact) mass is 285 g/mol. The summed E-state index contributed by atoms with van der Waals surface area (Å²) in [6.45, 7) is 0.215. The summed E-state index contributed by atoms with van der Waals surface area (Å²) >= 11 is 0. The number of fused-ring (bicyclic) bond motifs is 1. The molecule has 2 aliphatic carbocycles. The van der Waals surface area contributed by atoms with Crippen molar-refractivity contribution >= 4 is 5.91 Å². The van der Waals surface area contributed by atoms with Gasteiger partial charge < -0.3 is 15.6 Å². The highest BCUT2D eigenvalue weighted by Crippen LogP contribution is 2.42. The van der Waals surface area contributed by atoms with Crippen molar-refractivity contribution < 1.29 is 18.1 Å². The highest BCUT2D eigenvalue weighted by molar-refractivity contribution is 5.79. The summed E-state index contributed by atoms with van der Waals surface area (Å²) < 4.78 is 30.6. The number of aryl methyl sites for hydroxylation is 1. The minimum atomic E-state index is -2.68. The number of carbonyl (C=O) groups excluding carboxylic acids is 1. The molecule has 1 atom stereocenters. The van der Waals surface area contributed by atoms with Crippen LogP contribution in [0.25, 0.3) is 0 Å². The van der Waals surface area contributed by atoms with Crippen LogP contribution in [-0.2, 0) is 24.2 Å². The van der Waals surface area contributed by atoms with E-state index in [1.165, 1.54) is 0 Å². The van der Waals surface area contributed by atoms with E-state index in [-0.39, 0.29) is 31.3 Å². The lowest BCUT2D eigenvalue weighted by Gasteiger charge is -2.33. The third-order valence-electron chi connectivity index (χ3n) is 4.05. The number of halogens is 2. The molecular weight excluding hydrogens is 268 g/mol. The molecule has 0 aliphatic heterocycles. The van der Waals surface area contributed by atoms with Gasteiger partial charge in [0.05, 0.1) is 6.54 Å². The Labute approximate surface area is 114 Å². The first kappa shape index (κ1) is 13.5. The van der Waals surface area contributed by atoms with E-state index in [1.54, 1.807) is 0 Å². The zero-order valence-corrected chi connectivity index (χ0v) is 11.0. The van der Waals surface area contributed by atoms with Crippen LogP contribution >= 0.6 is 0 Å². The van der Waals surface area contributed by atoms with Crippen molar-refractivity contribution in [2.45, 2.75) is 50.6 Å². The fourth-order valence-corrected chi connectivity index (χ4v) is 2.79. The number of hydrogen-bond donors (Lipinski definition) is 2. The minimum Gasteiger partial charge on any atom is -0.361 e. The third kappa shape index (κ3) is 2.54. The van der Waals surface area contributed by atoms with Gasteiger partial charge in [-0.3, -0.25) is 4.79 Å². The van der Waals surface area contributed by atoms with E-state index in [2.05, 4.69) is 10.5 Å². The van der Waals surface area contributed by atoms with Crippen LogP contribution < -0.4 is 11.1 Å². The van der Waals surface area contributed by atoms with Crippen molar-refractivity contribution in [3.05, 3.63) is 17.0 Å². The van der Waals surface area contributed by atoms with Gasteiger partial charge in [-0.15, -0.1) is 0 Å². The first-order valence-corrected chi connectivity index (χ1v) is 6.82. The first-order valence-electron chi connectivity index (χ1n) is 6.82. The van der Waals surface area contributed by atoms with Gasteiger partial charge in [-0.05, 0) is 12.8 Å². The molecule has 20 heavy (non-hydrogen) atoms. The standard InChI is InChI=1S/C13H17F2N3O2/c14-13(15)4-7(5-13)12(19)17-6-10-9-3-8(16)1-2-11(9)20-18-10/h7-8H,1-6,16H2,(H,17,19). The number of amides is 1. The summed E-state index contributed by atoms with van der Waals surface area (Å²) in [5.74, 6) is -2.78. The quantitative estimate of drug-likeness (QED) is 0.873. The summed E-state index contributed by atoms with van der Waals surface area (Å²) in [5.41, 5.74) is 7.52. The fourth-order valence-electron chi connectivity index (χ4n) is 2.79. The zero-order valence-electron chi connectivity index (χ0n) is 11.0. The van der Waals surface area contributed by atoms with Gasteiger partial charge in [0.1, 0.15) is 11.5 Å². The van der Waals surface area contributed by atoms with Crippen molar-refractivity contribution in [3.63, 3.8) is 0 Å². The molecule has 1 saturated carbocycles. The molecule has 3 N–H and O–H groups in total. The summed E-state index contributed by atoms with van der Waals surface area (Å²) in [5, 5.41) is 6.60. The number of carbonyl (C=O) groups is 1. The first-order chi connectivity index (χ1) is 9.44. The lowest BCUT2D eigenvalue weighted by Crippen LogP contribution is -2.44. The van der Waals surface area contributed by atoms with E-state index in [1.807, 2.05) is 0 Å². The molecule has 0 aromatic carbocycles. The second-order valence-electron chi connectivity index (χ2n) is 5.71. The topological polar surface area (TPSA) is 81.2 Å². The van der Waals surface area contributed by atoms with Crippen molar-refractivity contribution in [2.75, 3.05) is 0 Å². The van der Waals surface area contributed by atoms with Gasteiger partial charge in [0.15, 0.2) is 0 Å². The molecule has 0 bridgehead atoms. The second-order valence-corrected chi connectivity index (χ2v) is 5.71. The number of nitrogens with two attached hydrogens (primary N) is 1. The Kier molecular flexibility index (Phi) is 3.24. The number of hydrogen-bond acceptors (Lipinski definition) is 4. The van der Waals surface area contributed by atoms with Gasteiger partial charge in [0, 0.05) is 36.8 Å². The predicted octanol–water partition coefficient (Wildman–Crippen LogP) is 1.15. The maximum atomic E-state index is 12.7. The van der Waals surface area contributed by atoms with Crippen LogP contribution in [0.2, 0.25) is 0 Å².